The molecular weight excluding hydrogens is 404 g/mol. The maximum absolute atomic E-state index is 12.4. The summed E-state index contributed by atoms with van der Waals surface area (Å²) in [5.41, 5.74) is 1.99. The van der Waals surface area contributed by atoms with Crippen LogP contribution in [-0.2, 0) is 37.1 Å². The number of aldehydes is 1. The minimum absolute atomic E-state index is 0.0781. The summed E-state index contributed by atoms with van der Waals surface area (Å²) in [6.07, 6.45) is 6.97. The number of ether oxygens (including phenoxy) is 2. The van der Waals surface area contributed by atoms with Crippen LogP contribution in [-0.4, -0.2) is 24.1 Å². The summed E-state index contributed by atoms with van der Waals surface area (Å²) >= 11 is 0. The van der Waals surface area contributed by atoms with Crippen molar-refractivity contribution in [2.24, 2.45) is 11.8 Å². The monoisotopic (exact) mass is 434 g/mol. The third kappa shape index (κ3) is 7.27. The van der Waals surface area contributed by atoms with E-state index in [9.17, 15) is 14.4 Å². The van der Waals surface area contributed by atoms with Crippen LogP contribution in [0, 0.1) is 11.8 Å². The molecule has 3 rings (SSSR count). The van der Waals surface area contributed by atoms with E-state index in [0.717, 1.165) is 23.8 Å². The lowest BCUT2D eigenvalue weighted by atomic mass is 9.92. The summed E-state index contributed by atoms with van der Waals surface area (Å²) in [6, 6.07) is 19.3. The Bertz CT molecular complexity index is 891. The van der Waals surface area contributed by atoms with E-state index in [1.165, 1.54) is 0 Å². The number of ketones is 1. The maximum Gasteiger partial charge on any atom is 0.306 e. The van der Waals surface area contributed by atoms with Crippen molar-refractivity contribution in [2.45, 2.75) is 51.4 Å². The molecule has 0 aromatic heterocycles. The molecule has 0 amide bonds. The molecule has 168 valence electrons. The molecule has 1 fully saturated rings. The van der Waals surface area contributed by atoms with Crippen LogP contribution in [0.5, 0.6) is 0 Å². The first kappa shape index (κ1) is 23.6. The molecule has 0 saturated heterocycles. The second-order valence-corrected chi connectivity index (χ2v) is 8.07. The van der Waals surface area contributed by atoms with Crippen molar-refractivity contribution in [3.63, 3.8) is 0 Å². The van der Waals surface area contributed by atoms with E-state index in [2.05, 4.69) is 0 Å². The van der Waals surface area contributed by atoms with E-state index >= 15 is 0 Å². The van der Waals surface area contributed by atoms with Gasteiger partial charge in [-0.3, -0.25) is 9.59 Å². The predicted molar refractivity (Wildman–Crippen MR) is 122 cm³/mol. The average molecular weight is 435 g/mol. The molecule has 1 aliphatic rings. The summed E-state index contributed by atoms with van der Waals surface area (Å²) in [5, 5.41) is 0. The molecule has 0 aliphatic heterocycles. The highest BCUT2D eigenvalue weighted by Gasteiger charge is 2.42. The number of benzene rings is 2. The van der Waals surface area contributed by atoms with Gasteiger partial charge in [-0.15, -0.1) is 0 Å². The number of carbonyl (C=O) groups is 3. The molecule has 0 N–H and O–H groups in total. The van der Waals surface area contributed by atoms with Gasteiger partial charge in [0.25, 0.3) is 0 Å². The normalized spacial score (nSPS) is 20.5. The summed E-state index contributed by atoms with van der Waals surface area (Å²) in [5.74, 6) is -0.883. The van der Waals surface area contributed by atoms with Gasteiger partial charge in [0.2, 0.25) is 0 Å². The van der Waals surface area contributed by atoms with E-state index in [1.807, 2.05) is 72.8 Å². The molecule has 2 aromatic rings. The Hall–Kier alpha value is -3.05. The number of hydrogen-bond acceptors (Lipinski definition) is 5. The lowest BCUT2D eigenvalue weighted by Gasteiger charge is -2.18. The van der Waals surface area contributed by atoms with E-state index < -0.39 is 5.92 Å². The van der Waals surface area contributed by atoms with Crippen molar-refractivity contribution < 1.29 is 23.9 Å². The van der Waals surface area contributed by atoms with Crippen molar-refractivity contribution in [1.29, 1.82) is 0 Å². The van der Waals surface area contributed by atoms with E-state index in [4.69, 9.17) is 9.47 Å². The zero-order chi connectivity index (χ0) is 22.6. The molecule has 1 saturated carbocycles. The van der Waals surface area contributed by atoms with Gasteiger partial charge in [0, 0.05) is 18.8 Å². The third-order valence-electron chi connectivity index (χ3n) is 5.72. The first-order chi connectivity index (χ1) is 15.7. The number of hydrogen-bond donors (Lipinski definition) is 0. The number of unbranched alkanes of at least 4 members (excludes halogenated alkanes) is 1. The summed E-state index contributed by atoms with van der Waals surface area (Å²) in [7, 11) is 0. The van der Waals surface area contributed by atoms with Crippen molar-refractivity contribution in [1.82, 2.24) is 0 Å². The number of allylic oxidation sites excluding steroid dienone is 2. The molecule has 2 aromatic carbocycles. The number of Topliss-reactive ketones (excluding diaryl/α,β-unsaturated/α-hetero) is 1. The standard InChI is InChI=1S/C27H30O5/c28-18-24-23(25(29)17-26(24)31-19-21-11-5-3-6-12-21)15-9-1-2-10-16-27(30)32-20-22-13-7-4-8-14-22/h1,3-9,11-14,18,23-24,26H,2,10,15-17,19-20H2/b9-1-/t23-,24-,26-/m1/s1. The minimum Gasteiger partial charge on any atom is -0.461 e. The lowest BCUT2D eigenvalue weighted by Crippen LogP contribution is -2.24. The first-order valence-corrected chi connectivity index (χ1v) is 11.2. The van der Waals surface area contributed by atoms with Crippen molar-refractivity contribution in [3.05, 3.63) is 83.9 Å². The molecule has 5 heteroatoms. The van der Waals surface area contributed by atoms with Crippen LogP contribution in [0.3, 0.4) is 0 Å². The molecule has 1 aliphatic carbocycles. The Kier molecular flexibility index (Phi) is 9.38. The molecule has 0 spiro atoms. The Morgan fingerprint density at radius 1 is 0.938 bits per heavy atom. The second kappa shape index (κ2) is 12.7. The fourth-order valence-electron chi connectivity index (χ4n) is 3.91. The number of esters is 1. The average Bonchev–Trinajstić information content (AvgIpc) is 3.14. The van der Waals surface area contributed by atoms with Gasteiger partial charge in [-0.05, 0) is 30.4 Å². The zero-order valence-corrected chi connectivity index (χ0v) is 18.2. The summed E-state index contributed by atoms with van der Waals surface area (Å²) in [4.78, 5) is 35.9. The fraction of sp³-hybridized carbons (Fsp3) is 0.370. The highest BCUT2D eigenvalue weighted by atomic mass is 16.5. The van der Waals surface area contributed by atoms with Crippen LogP contribution in [0.15, 0.2) is 72.8 Å². The smallest absolute Gasteiger partial charge is 0.306 e. The molecule has 5 nitrogen and oxygen atoms in total. The Labute approximate surface area is 189 Å². The molecule has 0 bridgehead atoms. The highest BCUT2D eigenvalue weighted by molar-refractivity contribution is 5.88. The van der Waals surface area contributed by atoms with E-state index in [0.29, 0.717) is 32.5 Å². The van der Waals surface area contributed by atoms with Gasteiger partial charge in [0.15, 0.2) is 0 Å². The molecular formula is C27H30O5. The van der Waals surface area contributed by atoms with Gasteiger partial charge in [0.05, 0.1) is 18.6 Å². The maximum atomic E-state index is 12.4. The second-order valence-electron chi connectivity index (χ2n) is 8.07. The lowest BCUT2D eigenvalue weighted by molar-refractivity contribution is -0.145. The zero-order valence-electron chi connectivity index (χ0n) is 18.2. The predicted octanol–water partition coefficient (Wildman–Crippen LogP) is 4.84. The quantitative estimate of drug-likeness (QED) is 0.207. The van der Waals surface area contributed by atoms with Crippen molar-refractivity contribution >= 4 is 18.0 Å². The van der Waals surface area contributed by atoms with Gasteiger partial charge in [-0.2, -0.15) is 0 Å². The van der Waals surface area contributed by atoms with Crippen LogP contribution in [0.4, 0.5) is 0 Å². The first-order valence-electron chi connectivity index (χ1n) is 11.2. The molecule has 32 heavy (non-hydrogen) atoms. The Morgan fingerprint density at radius 2 is 1.59 bits per heavy atom. The molecule has 0 radical (unpaired) electrons. The fourth-order valence-corrected chi connectivity index (χ4v) is 3.91. The van der Waals surface area contributed by atoms with E-state index in [1.54, 1.807) is 0 Å². The molecule has 3 atom stereocenters. The molecule has 0 heterocycles. The largest absolute Gasteiger partial charge is 0.461 e. The van der Waals surface area contributed by atoms with Gasteiger partial charge < -0.3 is 14.3 Å². The van der Waals surface area contributed by atoms with E-state index in [-0.39, 0.29) is 30.2 Å². The minimum atomic E-state index is -0.413. The molecule has 0 unspecified atom stereocenters. The van der Waals surface area contributed by atoms with Gasteiger partial charge in [-0.1, -0.05) is 72.8 Å². The van der Waals surface area contributed by atoms with Crippen LogP contribution >= 0.6 is 0 Å². The van der Waals surface area contributed by atoms with Crippen molar-refractivity contribution in [3.8, 4) is 0 Å². The number of carbonyl (C=O) groups excluding carboxylic acids is 3. The van der Waals surface area contributed by atoms with Gasteiger partial charge in [-0.25, -0.2) is 0 Å². The Balaban J connectivity index is 1.35. The van der Waals surface area contributed by atoms with Crippen LogP contribution in [0.25, 0.3) is 0 Å². The van der Waals surface area contributed by atoms with Crippen molar-refractivity contribution in [2.75, 3.05) is 0 Å². The topological polar surface area (TPSA) is 69.7 Å². The highest BCUT2D eigenvalue weighted by Crippen LogP contribution is 2.33. The van der Waals surface area contributed by atoms with Crippen LogP contribution in [0.1, 0.15) is 43.2 Å². The number of rotatable bonds is 12. The van der Waals surface area contributed by atoms with Gasteiger partial charge >= 0.3 is 5.97 Å². The third-order valence-corrected chi connectivity index (χ3v) is 5.72. The SMILES string of the molecule is O=C[C@H]1[C@H](OCc2ccccc2)CC(=O)[C@@H]1C/C=C\CCCC(=O)OCc1ccccc1. The summed E-state index contributed by atoms with van der Waals surface area (Å²) in [6.45, 7) is 0.686. The van der Waals surface area contributed by atoms with Crippen LogP contribution < -0.4 is 0 Å². The van der Waals surface area contributed by atoms with Crippen LogP contribution in [0.2, 0.25) is 0 Å². The van der Waals surface area contributed by atoms with Gasteiger partial charge in [0.1, 0.15) is 18.7 Å². The Morgan fingerprint density at radius 3 is 2.25 bits per heavy atom. The summed E-state index contributed by atoms with van der Waals surface area (Å²) < 4.78 is 11.2.